The molecule has 0 saturated carbocycles. The van der Waals surface area contributed by atoms with Crippen molar-refractivity contribution in [1.82, 2.24) is 12.9 Å². The van der Waals surface area contributed by atoms with E-state index < -0.39 is 20.2 Å². The first kappa shape index (κ1) is 21.7. The SMILES string of the molecule is C[C@@H]1CN(S(=O)(=O)N2CCN(S(=O)(=O)c3ccc4ccccc4c3)CC2)C[C@@H](C)O1. The van der Waals surface area contributed by atoms with E-state index in [0.717, 1.165) is 10.8 Å². The number of fused-ring (bicyclic) bond motifs is 1. The number of sulfonamides is 1. The van der Waals surface area contributed by atoms with Gasteiger partial charge in [0, 0.05) is 39.3 Å². The second-order valence-corrected chi connectivity index (χ2v) is 11.8. The normalized spacial score (nSPS) is 25.5. The minimum atomic E-state index is -3.69. The Morgan fingerprint density at radius 2 is 1.33 bits per heavy atom. The van der Waals surface area contributed by atoms with E-state index in [4.69, 9.17) is 4.74 Å². The second-order valence-electron chi connectivity index (χ2n) is 7.89. The number of morpholine rings is 1. The van der Waals surface area contributed by atoms with Crippen LogP contribution in [0.4, 0.5) is 0 Å². The fourth-order valence-corrected chi connectivity index (χ4v) is 7.31. The zero-order chi connectivity index (χ0) is 21.5. The largest absolute Gasteiger partial charge is 0.373 e. The smallest absolute Gasteiger partial charge is 0.282 e. The van der Waals surface area contributed by atoms with Crippen molar-refractivity contribution in [2.24, 2.45) is 0 Å². The molecular weight excluding hydrogens is 426 g/mol. The highest BCUT2D eigenvalue weighted by atomic mass is 32.2. The summed E-state index contributed by atoms with van der Waals surface area (Å²) in [6, 6.07) is 12.7. The van der Waals surface area contributed by atoms with Gasteiger partial charge in [-0.3, -0.25) is 0 Å². The number of piperazine rings is 1. The van der Waals surface area contributed by atoms with Crippen LogP contribution in [0, 0.1) is 0 Å². The van der Waals surface area contributed by atoms with E-state index in [0.29, 0.717) is 13.1 Å². The Bertz CT molecular complexity index is 1120. The molecule has 0 aromatic heterocycles. The summed E-state index contributed by atoms with van der Waals surface area (Å²) in [6.07, 6.45) is -0.337. The maximum atomic E-state index is 13.1. The number of benzene rings is 2. The van der Waals surface area contributed by atoms with E-state index in [1.807, 2.05) is 38.1 Å². The maximum Gasteiger partial charge on any atom is 0.282 e. The molecule has 2 atom stereocenters. The number of hydrogen-bond donors (Lipinski definition) is 0. The van der Waals surface area contributed by atoms with Crippen LogP contribution in [0.15, 0.2) is 47.4 Å². The quantitative estimate of drug-likeness (QED) is 0.700. The Morgan fingerprint density at radius 1 is 0.767 bits per heavy atom. The molecule has 4 rings (SSSR count). The number of rotatable bonds is 4. The van der Waals surface area contributed by atoms with E-state index in [2.05, 4.69) is 0 Å². The van der Waals surface area contributed by atoms with Crippen LogP contribution < -0.4 is 0 Å². The Morgan fingerprint density at radius 3 is 1.97 bits per heavy atom. The van der Waals surface area contributed by atoms with Gasteiger partial charge in [0.15, 0.2) is 0 Å². The molecule has 0 amide bonds. The average Bonchev–Trinajstić information content (AvgIpc) is 2.72. The topological polar surface area (TPSA) is 87.2 Å². The first-order chi connectivity index (χ1) is 14.2. The van der Waals surface area contributed by atoms with E-state index in [1.165, 1.54) is 12.9 Å². The third-order valence-corrected chi connectivity index (χ3v) is 9.46. The lowest BCUT2D eigenvalue weighted by atomic mass is 10.1. The molecule has 30 heavy (non-hydrogen) atoms. The van der Waals surface area contributed by atoms with Crippen LogP contribution in [0.3, 0.4) is 0 Å². The van der Waals surface area contributed by atoms with Crippen LogP contribution in [0.2, 0.25) is 0 Å². The zero-order valence-corrected chi connectivity index (χ0v) is 18.8. The highest BCUT2D eigenvalue weighted by Crippen LogP contribution is 2.24. The predicted molar refractivity (Wildman–Crippen MR) is 115 cm³/mol. The molecule has 164 valence electrons. The molecule has 0 aliphatic carbocycles. The molecule has 10 heteroatoms. The fourth-order valence-electron chi connectivity index (χ4n) is 4.10. The van der Waals surface area contributed by atoms with Crippen molar-refractivity contribution in [2.75, 3.05) is 39.3 Å². The van der Waals surface area contributed by atoms with Crippen molar-refractivity contribution in [3.05, 3.63) is 42.5 Å². The summed E-state index contributed by atoms with van der Waals surface area (Å²) < 4.78 is 62.1. The zero-order valence-electron chi connectivity index (χ0n) is 17.1. The molecule has 2 saturated heterocycles. The van der Waals surface area contributed by atoms with Crippen molar-refractivity contribution < 1.29 is 21.6 Å². The summed E-state index contributed by atoms with van der Waals surface area (Å²) in [7, 11) is -7.33. The van der Waals surface area contributed by atoms with Gasteiger partial charge in [-0.05, 0) is 36.8 Å². The monoisotopic (exact) mass is 453 g/mol. The first-order valence-corrected chi connectivity index (χ1v) is 12.9. The Kier molecular flexibility index (Phi) is 5.90. The summed E-state index contributed by atoms with van der Waals surface area (Å²) >= 11 is 0. The van der Waals surface area contributed by atoms with Crippen LogP contribution in [0.25, 0.3) is 10.8 Å². The Balaban J connectivity index is 1.48. The van der Waals surface area contributed by atoms with Gasteiger partial charge in [-0.2, -0.15) is 21.3 Å². The maximum absolute atomic E-state index is 13.1. The summed E-state index contributed by atoms with van der Waals surface area (Å²) in [4.78, 5) is 0.230. The van der Waals surface area contributed by atoms with Gasteiger partial charge in [0.1, 0.15) is 0 Å². The second kappa shape index (κ2) is 8.18. The van der Waals surface area contributed by atoms with Crippen molar-refractivity contribution in [1.29, 1.82) is 0 Å². The molecule has 2 aliphatic rings. The summed E-state index contributed by atoms with van der Waals surface area (Å²) in [5.41, 5.74) is 0. The molecule has 0 unspecified atom stereocenters. The molecule has 2 aromatic carbocycles. The predicted octanol–water partition coefficient (Wildman–Crippen LogP) is 1.50. The third kappa shape index (κ3) is 4.12. The molecule has 2 fully saturated rings. The number of nitrogens with zero attached hydrogens (tertiary/aromatic N) is 3. The van der Waals surface area contributed by atoms with Gasteiger partial charge in [-0.1, -0.05) is 30.3 Å². The lowest BCUT2D eigenvalue weighted by Crippen LogP contribution is -2.57. The van der Waals surface area contributed by atoms with Gasteiger partial charge in [0.2, 0.25) is 10.0 Å². The van der Waals surface area contributed by atoms with Crippen molar-refractivity contribution in [3.8, 4) is 0 Å². The molecule has 0 bridgehead atoms. The van der Waals surface area contributed by atoms with Crippen LogP contribution >= 0.6 is 0 Å². The van der Waals surface area contributed by atoms with Crippen LogP contribution in [-0.4, -0.2) is 81.2 Å². The summed E-state index contributed by atoms with van der Waals surface area (Å²) in [5.74, 6) is 0. The Labute approximate surface area is 178 Å². The van der Waals surface area contributed by atoms with Gasteiger partial charge in [-0.15, -0.1) is 0 Å². The minimum absolute atomic E-state index is 0.129. The van der Waals surface area contributed by atoms with Gasteiger partial charge >= 0.3 is 0 Å². The van der Waals surface area contributed by atoms with Gasteiger partial charge in [-0.25, -0.2) is 8.42 Å². The third-order valence-electron chi connectivity index (χ3n) is 5.59. The van der Waals surface area contributed by atoms with Crippen molar-refractivity contribution in [3.63, 3.8) is 0 Å². The summed E-state index contributed by atoms with van der Waals surface area (Å²) in [5, 5.41) is 1.83. The van der Waals surface area contributed by atoms with E-state index in [9.17, 15) is 16.8 Å². The van der Waals surface area contributed by atoms with Crippen molar-refractivity contribution >= 4 is 31.0 Å². The minimum Gasteiger partial charge on any atom is -0.373 e. The Hall–Kier alpha value is -1.56. The highest BCUT2D eigenvalue weighted by molar-refractivity contribution is 7.89. The lowest BCUT2D eigenvalue weighted by molar-refractivity contribution is -0.0456. The molecule has 8 nitrogen and oxygen atoms in total. The molecule has 0 radical (unpaired) electrons. The first-order valence-electron chi connectivity index (χ1n) is 10.1. The van der Waals surface area contributed by atoms with Gasteiger partial charge in [0.25, 0.3) is 10.2 Å². The average molecular weight is 454 g/mol. The molecule has 2 heterocycles. The van der Waals surface area contributed by atoms with E-state index in [-0.39, 0.29) is 43.3 Å². The van der Waals surface area contributed by atoms with Crippen LogP contribution in [0.1, 0.15) is 13.8 Å². The molecule has 2 aromatic rings. The molecule has 2 aliphatic heterocycles. The van der Waals surface area contributed by atoms with Crippen LogP contribution in [0.5, 0.6) is 0 Å². The number of ether oxygens (including phenoxy) is 1. The molecule has 0 N–H and O–H groups in total. The van der Waals surface area contributed by atoms with Crippen molar-refractivity contribution in [2.45, 2.75) is 31.0 Å². The van der Waals surface area contributed by atoms with Crippen LogP contribution in [-0.2, 0) is 25.0 Å². The van der Waals surface area contributed by atoms with Gasteiger partial charge < -0.3 is 4.74 Å². The fraction of sp³-hybridized carbons (Fsp3) is 0.500. The number of hydrogen-bond acceptors (Lipinski definition) is 5. The van der Waals surface area contributed by atoms with E-state index in [1.54, 1.807) is 18.2 Å². The standard InChI is InChI=1S/C20H27N3O5S2/c1-16-14-23(15-17(2)28-16)30(26,27)22-11-9-21(10-12-22)29(24,25)20-8-7-18-5-3-4-6-19(18)13-20/h3-8,13,16-17H,9-12,14-15H2,1-2H3/t16-,17-/m1/s1. The summed E-state index contributed by atoms with van der Waals surface area (Å²) in [6.45, 7) is 4.85. The lowest BCUT2D eigenvalue weighted by Gasteiger charge is -2.40. The van der Waals surface area contributed by atoms with Gasteiger partial charge in [0.05, 0.1) is 17.1 Å². The van der Waals surface area contributed by atoms with E-state index >= 15 is 0 Å². The molecule has 0 spiro atoms. The molecular formula is C20H27N3O5S2. The highest BCUT2D eigenvalue weighted by Gasteiger charge is 2.38.